The van der Waals surface area contributed by atoms with Crippen molar-refractivity contribution in [2.75, 3.05) is 10.8 Å². The van der Waals surface area contributed by atoms with Crippen molar-refractivity contribution in [3.05, 3.63) is 60.2 Å². The molecule has 0 radical (unpaired) electrons. The Labute approximate surface area is 127 Å². The number of para-hydroxylation sites is 1. The van der Waals surface area contributed by atoms with E-state index in [1.54, 1.807) is 5.01 Å². The number of hydrogen-bond donors (Lipinski definition) is 0. The highest BCUT2D eigenvalue weighted by molar-refractivity contribution is 7.99. The Kier molecular flexibility index (Phi) is 3.04. The lowest BCUT2D eigenvalue weighted by Crippen LogP contribution is -2.39. The summed E-state index contributed by atoms with van der Waals surface area (Å²) in [6, 6.07) is 18.0. The van der Waals surface area contributed by atoms with Crippen molar-refractivity contribution in [3.8, 4) is 0 Å². The third-order valence-electron chi connectivity index (χ3n) is 3.86. The molecule has 2 aliphatic heterocycles. The second-order valence-corrected chi connectivity index (χ2v) is 6.30. The van der Waals surface area contributed by atoms with Crippen LogP contribution in [0.25, 0.3) is 0 Å². The normalized spacial score (nSPS) is 20.6. The summed E-state index contributed by atoms with van der Waals surface area (Å²) in [5.74, 6) is 1.25. The molecule has 2 aromatic rings. The van der Waals surface area contributed by atoms with E-state index in [0.29, 0.717) is 6.42 Å². The summed E-state index contributed by atoms with van der Waals surface area (Å²) in [7, 11) is 0. The van der Waals surface area contributed by atoms with E-state index in [9.17, 15) is 4.79 Å². The second-order valence-electron chi connectivity index (χ2n) is 5.23. The molecule has 0 aliphatic carbocycles. The molecule has 0 aromatic heterocycles. The summed E-state index contributed by atoms with van der Waals surface area (Å²) < 4.78 is 0. The number of amides is 1. The molecule has 1 unspecified atom stereocenters. The molecule has 4 heteroatoms. The van der Waals surface area contributed by atoms with Gasteiger partial charge in [-0.15, -0.1) is 11.8 Å². The first-order chi connectivity index (χ1) is 10.3. The zero-order valence-corrected chi connectivity index (χ0v) is 12.2. The Morgan fingerprint density at radius 3 is 2.67 bits per heavy atom. The summed E-state index contributed by atoms with van der Waals surface area (Å²) in [5.41, 5.74) is 3.06. The molecular weight excluding hydrogens is 280 g/mol. The van der Waals surface area contributed by atoms with Gasteiger partial charge in [-0.3, -0.25) is 4.79 Å². The molecular formula is C17H14N2OS. The van der Waals surface area contributed by atoms with Crippen LogP contribution in [0.2, 0.25) is 0 Å². The minimum absolute atomic E-state index is 0.0786. The largest absolute Gasteiger partial charge is 0.273 e. The molecule has 0 saturated heterocycles. The van der Waals surface area contributed by atoms with E-state index in [2.05, 4.69) is 23.3 Å². The number of benzene rings is 2. The molecule has 2 heterocycles. The Morgan fingerprint density at radius 2 is 1.81 bits per heavy atom. The van der Waals surface area contributed by atoms with Crippen LogP contribution in [0, 0.1) is 5.92 Å². The lowest BCUT2D eigenvalue weighted by Gasteiger charge is -2.32. The van der Waals surface area contributed by atoms with Crippen LogP contribution in [0.3, 0.4) is 0 Å². The first-order valence-corrected chi connectivity index (χ1v) is 8.00. The van der Waals surface area contributed by atoms with Gasteiger partial charge in [0.2, 0.25) is 5.91 Å². The van der Waals surface area contributed by atoms with Crippen LogP contribution in [-0.4, -0.2) is 17.4 Å². The van der Waals surface area contributed by atoms with Crippen LogP contribution in [0.15, 0.2) is 64.6 Å². The van der Waals surface area contributed by atoms with Crippen LogP contribution in [0.4, 0.5) is 5.69 Å². The van der Waals surface area contributed by atoms with Gasteiger partial charge in [-0.2, -0.15) is 5.10 Å². The Morgan fingerprint density at radius 1 is 1.05 bits per heavy atom. The predicted octanol–water partition coefficient (Wildman–Crippen LogP) is 3.55. The van der Waals surface area contributed by atoms with E-state index in [1.165, 1.54) is 10.5 Å². The van der Waals surface area contributed by atoms with Gasteiger partial charge in [0, 0.05) is 28.6 Å². The minimum atomic E-state index is 0.0786. The van der Waals surface area contributed by atoms with E-state index < -0.39 is 0 Å². The number of fused-ring (bicyclic) bond motifs is 3. The van der Waals surface area contributed by atoms with Crippen LogP contribution in [-0.2, 0) is 4.79 Å². The summed E-state index contributed by atoms with van der Waals surface area (Å²) in [4.78, 5) is 13.6. The average Bonchev–Trinajstić information content (AvgIpc) is 2.55. The van der Waals surface area contributed by atoms with Gasteiger partial charge in [0.1, 0.15) is 0 Å². The third kappa shape index (κ3) is 2.16. The third-order valence-corrected chi connectivity index (χ3v) is 5.09. The number of carbonyl (C=O) groups excluding carboxylic acids is 1. The van der Waals surface area contributed by atoms with Crippen LogP contribution in [0.5, 0.6) is 0 Å². The molecule has 1 atom stereocenters. The standard InChI is InChI=1S/C17H14N2OS/c20-16-10-12-11-21-15-9-5-4-8-14(15)17(12)18-19(16)13-6-2-1-3-7-13/h1-9,12H,10-11H2. The second kappa shape index (κ2) is 5.04. The molecule has 21 heavy (non-hydrogen) atoms. The topological polar surface area (TPSA) is 32.7 Å². The number of rotatable bonds is 1. The van der Waals surface area contributed by atoms with Crippen LogP contribution < -0.4 is 5.01 Å². The molecule has 3 nitrogen and oxygen atoms in total. The van der Waals surface area contributed by atoms with E-state index in [4.69, 9.17) is 0 Å². The lowest BCUT2D eigenvalue weighted by atomic mass is 9.93. The van der Waals surface area contributed by atoms with Crippen molar-refractivity contribution in [1.82, 2.24) is 0 Å². The molecule has 1 amide bonds. The number of hydrazone groups is 1. The van der Waals surface area contributed by atoms with Gasteiger partial charge in [-0.1, -0.05) is 36.4 Å². The Hall–Kier alpha value is -2.07. The van der Waals surface area contributed by atoms with Crippen molar-refractivity contribution in [1.29, 1.82) is 0 Å². The average molecular weight is 294 g/mol. The molecule has 4 rings (SSSR count). The van der Waals surface area contributed by atoms with Gasteiger partial charge in [-0.05, 0) is 18.2 Å². The fourth-order valence-electron chi connectivity index (χ4n) is 2.82. The van der Waals surface area contributed by atoms with Crippen LogP contribution >= 0.6 is 11.8 Å². The molecule has 0 bridgehead atoms. The number of nitrogens with zero attached hydrogens (tertiary/aromatic N) is 2. The molecule has 0 spiro atoms. The van der Waals surface area contributed by atoms with Crippen molar-refractivity contribution in [3.63, 3.8) is 0 Å². The van der Waals surface area contributed by atoms with Gasteiger partial charge in [-0.25, -0.2) is 5.01 Å². The van der Waals surface area contributed by atoms with Gasteiger partial charge < -0.3 is 0 Å². The Bertz CT molecular complexity index is 727. The van der Waals surface area contributed by atoms with Gasteiger partial charge >= 0.3 is 0 Å². The van der Waals surface area contributed by atoms with Crippen molar-refractivity contribution in [2.24, 2.45) is 11.0 Å². The van der Waals surface area contributed by atoms with Crippen LogP contribution in [0.1, 0.15) is 12.0 Å². The molecule has 2 aromatic carbocycles. The number of anilines is 1. The minimum Gasteiger partial charge on any atom is -0.273 e. The maximum absolute atomic E-state index is 12.4. The SMILES string of the molecule is O=C1CC2CSc3ccccc3C2=NN1c1ccccc1. The smallest absolute Gasteiger partial charge is 0.248 e. The fourth-order valence-corrected chi connectivity index (χ4v) is 3.98. The highest BCUT2D eigenvalue weighted by atomic mass is 32.2. The highest BCUT2D eigenvalue weighted by Crippen LogP contribution is 2.37. The summed E-state index contributed by atoms with van der Waals surface area (Å²) in [6.07, 6.45) is 0.537. The first-order valence-electron chi connectivity index (χ1n) is 7.01. The van der Waals surface area contributed by atoms with Crippen molar-refractivity contribution >= 4 is 29.1 Å². The van der Waals surface area contributed by atoms with Gasteiger partial charge in [0.15, 0.2) is 0 Å². The zero-order valence-electron chi connectivity index (χ0n) is 11.4. The molecule has 0 N–H and O–H groups in total. The quantitative estimate of drug-likeness (QED) is 0.805. The van der Waals surface area contributed by atoms with E-state index in [-0.39, 0.29) is 11.8 Å². The van der Waals surface area contributed by atoms with E-state index in [1.807, 2.05) is 48.2 Å². The van der Waals surface area contributed by atoms with Gasteiger partial charge in [0.25, 0.3) is 0 Å². The summed E-state index contributed by atoms with van der Waals surface area (Å²) >= 11 is 1.82. The van der Waals surface area contributed by atoms with E-state index in [0.717, 1.165) is 17.2 Å². The van der Waals surface area contributed by atoms with E-state index >= 15 is 0 Å². The number of hydrogen-bond acceptors (Lipinski definition) is 3. The first kappa shape index (κ1) is 12.7. The molecule has 0 fully saturated rings. The predicted molar refractivity (Wildman–Crippen MR) is 85.7 cm³/mol. The maximum atomic E-state index is 12.4. The zero-order chi connectivity index (χ0) is 14.2. The monoisotopic (exact) mass is 294 g/mol. The molecule has 104 valence electrons. The van der Waals surface area contributed by atoms with Gasteiger partial charge in [0.05, 0.1) is 11.4 Å². The lowest BCUT2D eigenvalue weighted by molar-refractivity contribution is -0.119. The summed E-state index contributed by atoms with van der Waals surface area (Å²) in [5, 5.41) is 6.24. The Balaban J connectivity index is 1.82. The highest BCUT2D eigenvalue weighted by Gasteiger charge is 2.34. The van der Waals surface area contributed by atoms with Crippen molar-refractivity contribution < 1.29 is 4.79 Å². The summed E-state index contributed by atoms with van der Waals surface area (Å²) in [6.45, 7) is 0. The van der Waals surface area contributed by atoms with Crippen molar-refractivity contribution in [2.45, 2.75) is 11.3 Å². The number of carbonyl (C=O) groups is 1. The maximum Gasteiger partial charge on any atom is 0.248 e. The molecule has 2 aliphatic rings. The number of thioether (sulfide) groups is 1. The molecule has 0 saturated carbocycles. The fraction of sp³-hybridized carbons (Fsp3) is 0.176.